The zero-order valence-corrected chi connectivity index (χ0v) is 12.4. The van der Waals surface area contributed by atoms with Crippen molar-refractivity contribution in [2.24, 2.45) is 0 Å². The lowest BCUT2D eigenvalue weighted by Crippen LogP contribution is -2.04. The van der Waals surface area contributed by atoms with Crippen LogP contribution in [0.1, 0.15) is 15.9 Å². The number of ether oxygens (including phenoxy) is 1. The molecule has 23 heavy (non-hydrogen) atoms. The third-order valence-corrected chi connectivity index (χ3v) is 3.42. The van der Waals surface area contributed by atoms with Crippen LogP contribution < -0.4 is 16.2 Å². The molecule has 3 aromatic rings. The van der Waals surface area contributed by atoms with Crippen molar-refractivity contribution in [2.45, 2.75) is 0 Å². The summed E-state index contributed by atoms with van der Waals surface area (Å²) in [5, 5.41) is 0. The van der Waals surface area contributed by atoms with Gasteiger partial charge in [0.15, 0.2) is 5.78 Å². The Labute approximate surface area is 134 Å². The van der Waals surface area contributed by atoms with Crippen LogP contribution in [-0.2, 0) is 0 Å². The van der Waals surface area contributed by atoms with E-state index >= 15 is 0 Å². The summed E-state index contributed by atoms with van der Waals surface area (Å²) in [5.41, 5.74) is 13.7. The molecule has 4 nitrogen and oxygen atoms in total. The van der Waals surface area contributed by atoms with E-state index in [1.807, 2.05) is 24.3 Å². The van der Waals surface area contributed by atoms with Crippen LogP contribution in [0.3, 0.4) is 0 Å². The number of rotatable bonds is 4. The van der Waals surface area contributed by atoms with Gasteiger partial charge in [-0.1, -0.05) is 42.5 Å². The lowest BCUT2D eigenvalue weighted by molar-refractivity contribution is 0.103. The first-order chi connectivity index (χ1) is 11.1. The van der Waals surface area contributed by atoms with Gasteiger partial charge < -0.3 is 16.2 Å². The van der Waals surface area contributed by atoms with Crippen molar-refractivity contribution in [3.63, 3.8) is 0 Å². The fourth-order valence-electron chi connectivity index (χ4n) is 2.27. The molecule has 0 atom stereocenters. The smallest absolute Gasteiger partial charge is 0.196 e. The van der Waals surface area contributed by atoms with Crippen LogP contribution in [0.15, 0.2) is 72.8 Å². The Morgan fingerprint density at radius 3 is 2.22 bits per heavy atom. The minimum atomic E-state index is -0.102. The van der Waals surface area contributed by atoms with Crippen LogP contribution in [0.25, 0.3) is 0 Å². The average molecular weight is 304 g/mol. The molecule has 3 rings (SSSR count). The molecule has 0 spiro atoms. The predicted octanol–water partition coefficient (Wildman–Crippen LogP) is 3.87. The van der Waals surface area contributed by atoms with Crippen molar-refractivity contribution >= 4 is 17.2 Å². The molecule has 0 saturated carbocycles. The topological polar surface area (TPSA) is 78.3 Å². The van der Waals surface area contributed by atoms with Gasteiger partial charge in [0, 0.05) is 11.3 Å². The van der Waals surface area contributed by atoms with E-state index in [1.54, 1.807) is 48.5 Å². The zero-order valence-electron chi connectivity index (χ0n) is 12.4. The Bertz CT molecular complexity index is 845. The number of hydrogen-bond donors (Lipinski definition) is 2. The molecule has 4 heteroatoms. The SMILES string of the molecule is Nc1ccc(Oc2ccccc2C(=O)c2ccccc2)c(N)c1. The number of hydrogen-bond acceptors (Lipinski definition) is 4. The van der Waals surface area contributed by atoms with Crippen LogP contribution in [0.5, 0.6) is 11.5 Å². The third-order valence-electron chi connectivity index (χ3n) is 3.42. The molecule has 0 amide bonds. The van der Waals surface area contributed by atoms with Crippen molar-refractivity contribution in [2.75, 3.05) is 11.5 Å². The molecule has 0 heterocycles. The van der Waals surface area contributed by atoms with E-state index in [0.717, 1.165) is 0 Å². The highest BCUT2D eigenvalue weighted by Crippen LogP contribution is 2.31. The third kappa shape index (κ3) is 3.16. The quantitative estimate of drug-likeness (QED) is 0.566. The summed E-state index contributed by atoms with van der Waals surface area (Å²) >= 11 is 0. The minimum absolute atomic E-state index is 0.102. The summed E-state index contributed by atoms with van der Waals surface area (Å²) in [6.07, 6.45) is 0. The molecule has 0 saturated heterocycles. The summed E-state index contributed by atoms with van der Waals surface area (Å²) in [4.78, 5) is 12.7. The maximum Gasteiger partial charge on any atom is 0.196 e. The van der Waals surface area contributed by atoms with Gasteiger partial charge in [0.05, 0.1) is 11.3 Å². The molecule has 114 valence electrons. The summed E-state index contributed by atoms with van der Waals surface area (Å²) in [5.74, 6) is 0.820. The van der Waals surface area contributed by atoms with Gasteiger partial charge in [-0.2, -0.15) is 0 Å². The van der Waals surface area contributed by atoms with Crippen LogP contribution in [-0.4, -0.2) is 5.78 Å². The summed E-state index contributed by atoms with van der Waals surface area (Å²) in [7, 11) is 0. The molecule has 0 aliphatic heterocycles. The maximum absolute atomic E-state index is 12.7. The Morgan fingerprint density at radius 2 is 1.48 bits per heavy atom. The van der Waals surface area contributed by atoms with Gasteiger partial charge in [-0.3, -0.25) is 4.79 Å². The number of carbonyl (C=O) groups excluding carboxylic acids is 1. The first-order valence-corrected chi connectivity index (χ1v) is 7.17. The van der Waals surface area contributed by atoms with Gasteiger partial charge in [0.1, 0.15) is 11.5 Å². The number of anilines is 2. The van der Waals surface area contributed by atoms with E-state index in [4.69, 9.17) is 16.2 Å². The first-order valence-electron chi connectivity index (χ1n) is 7.17. The highest BCUT2D eigenvalue weighted by molar-refractivity contribution is 6.10. The molecule has 0 aliphatic carbocycles. The molecule has 0 unspecified atom stereocenters. The summed E-state index contributed by atoms with van der Waals surface area (Å²) in [6, 6.07) is 21.2. The van der Waals surface area contributed by atoms with Crippen molar-refractivity contribution in [3.8, 4) is 11.5 Å². The number of nitrogens with two attached hydrogens (primary N) is 2. The van der Waals surface area contributed by atoms with Gasteiger partial charge in [-0.15, -0.1) is 0 Å². The van der Waals surface area contributed by atoms with E-state index in [-0.39, 0.29) is 5.78 Å². The van der Waals surface area contributed by atoms with Gasteiger partial charge in [-0.05, 0) is 30.3 Å². The number of benzene rings is 3. The van der Waals surface area contributed by atoms with Gasteiger partial charge in [0.25, 0.3) is 0 Å². The lowest BCUT2D eigenvalue weighted by atomic mass is 10.0. The van der Waals surface area contributed by atoms with Gasteiger partial charge in [0.2, 0.25) is 0 Å². The highest BCUT2D eigenvalue weighted by atomic mass is 16.5. The number of ketones is 1. The van der Waals surface area contributed by atoms with Crippen LogP contribution in [0.2, 0.25) is 0 Å². The molecule has 0 aliphatic rings. The lowest BCUT2D eigenvalue weighted by Gasteiger charge is -2.12. The molecular weight excluding hydrogens is 288 g/mol. The van der Waals surface area contributed by atoms with Gasteiger partial charge in [-0.25, -0.2) is 0 Å². The fraction of sp³-hybridized carbons (Fsp3) is 0. The van der Waals surface area contributed by atoms with Crippen molar-refractivity contribution in [1.29, 1.82) is 0 Å². The Kier molecular flexibility index (Phi) is 3.97. The molecule has 4 N–H and O–H groups in total. The van der Waals surface area contributed by atoms with Crippen LogP contribution in [0, 0.1) is 0 Å². The second kappa shape index (κ2) is 6.23. The number of carbonyl (C=O) groups is 1. The second-order valence-electron chi connectivity index (χ2n) is 5.09. The van der Waals surface area contributed by atoms with E-state index < -0.39 is 0 Å². The normalized spacial score (nSPS) is 10.3. The first kappa shape index (κ1) is 14.7. The zero-order chi connectivity index (χ0) is 16.2. The van der Waals surface area contributed by atoms with Gasteiger partial charge >= 0.3 is 0 Å². The average Bonchev–Trinajstić information content (AvgIpc) is 2.58. The molecule has 0 aromatic heterocycles. The van der Waals surface area contributed by atoms with E-state index in [2.05, 4.69) is 0 Å². The van der Waals surface area contributed by atoms with Crippen LogP contribution in [0.4, 0.5) is 11.4 Å². The summed E-state index contributed by atoms with van der Waals surface area (Å²) < 4.78 is 5.84. The minimum Gasteiger partial charge on any atom is -0.454 e. The Morgan fingerprint density at radius 1 is 0.783 bits per heavy atom. The second-order valence-corrected chi connectivity index (χ2v) is 5.09. The molecular formula is C19H16N2O2. The largest absolute Gasteiger partial charge is 0.454 e. The maximum atomic E-state index is 12.7. The van der Waals surface area contributed by atoms with Crippen LogP contribution >= 0.6 is 0 Å². The standard InChI is InChI=1S/C19H16N2O2/c20-14-10-11-18(16(21)12-14)23-17-9-5-4-8-15(17)19(22)13-6-2-1-3-7-13/h1-12H,20-21H2. The Balaban J connectivity index is 1.97. The molecule has 3 aromatic carbocycles. The molecule has 0 radical (unpaired) electrons. The van der Waals surface area contributed by atoms with Crippen molar-refractivity contribution in [1.82, 2.24) is 0 Å². The van der Waals surface area contributed by atoms with E-state index in [0.29, 0.717) is 34.0 Å². The fourth-order valence-corrected chi connectivity index (χ4v) is 2.27. The molecule has 0 bridgehead atoms. The van der Waals surface area contributed by atoms with E-state index in [9.17, 15) is 4.79 Å². The number of para-hydroxylation sites is 1. The summed E-state index contributed by atoms with van der Waals surface area (Å²) in [6.45, 7) is 0. The molecule has 0 fully saturated rings. The van der Waals surface area contributed by atoms with Crippen molar-refractivity contribution < 1.29 is 9.53 Å². The van der Waals surface area contributed by atoms with E-state index in [1.165, 1.54) is 0 Å². The van der Waals surface area contributed by atoms with Crippen molar-refractivity contribution in [3.05, 3.63) is 83.9 Å². The predicted molar refractivity (Wildman–Crippen MR) is 91.7 cm³/mol. The monoisotopic (exact) mass is 304 g/mol. The Hall–Kier alpha value is -3.27. The number of nitrogen functional groups attached to an aromatic ring is 2. The highest BCUT2D eigenvalue weighted by Gasteiger charge is 2.15.